The molecule has 0 saturated heterocycles. The minimum Gasteiger partial charge on any atom is -0.329 e. The van der Waals surface area contributed by atoms with E-state index < -0.39 is 0 Å². The summed E-state index contributed by atoms with van der Waals surface area (Å²) in [6.07, 6.45) is 11.4. The Balaban J connectivity index is 2.28. The van der Waals surface area contributed by atoms with Crippen molar-refractivity contribution in [2.45, 2.75) is 45.1 Å². The number of hydrogen-bond acceptors (Lipinski definition) is 2. The van der Waals surface area contributed by atoms with Gasteiger partial charge in [0.1, 0.15) is 0 Å². The molecule has 1 aliphatic carbocycles. The Morgan fingerprint density at radius 3 is 2.60 bits per heavy atom. The SMILES string of the molecule is C#CCCNC(CN)C1CCC(C)CC1. The number of rotatable bonds is 5. The van der Waals surface area contributed by atoms with Gasteiger partial charge in [-0.25, -0.2) is 0 Å². The zero-order valence-corrected chi connectivity index (χ0v) is 9.84. The lowest BCUT2D eigenvalue weighted by molar-refractivity contribution is 0.234. The Morgan fingerprint density at radius 1 is 1.40 bits per heavy atom. The van der Waals surface area contributed by atoms with Gasteiger partial charge in [0, 0.05) is 25.6 Å². The van der Waals surface area contributed by atoms with Crippen molar-refractivity contribution >= 4 is 0 Å². The zero-order valence-electron chi connectivity index (χ0n) is 9.84. The van der Waals surface area contributed by atoms with Crippen molar-refractivity contribution in [3.8, 4) is 12.3 Å². The molecule has 0 bridgehead atoms. The molecule has 3 N–H and O–H groups in total. The standard InChI is InChI=1S/C13H24N2/c1-3-4-9-15-13(10-14)12-7-5-11(2)6-8-12/h1,11-13,15H,4-10,14H2,2H3. The molecule has 0 aromatic carbocycles. The molecule has 0 aliphatic heterocycles. The van der Waals surface area contributed by atoms with Crippen LogP contribution in [0.3, 0.4) is 0 Å². The molecule has 0 amide bonds. The van der Waals surface area contributed by atoms with E-state index in [4.69, 9.17) is 12.2 Å². The summed E-state index contributed by atoms with van der Waals surface area (Å²) in [4.78, 5) is 0. The third kappa shape index (κ3) is 4.24. The number of terminal acetylenes is 1. The van der Waals surface area contributed by atoms with Crippen LogP contribution in [0.15, 0.2) is 0 Å². The van der Waals surface area contributed by atoms with Crippen molar-refractivity contribution < 1.29 is 0 Å². The minimum absolute atomic E-state index is 0.478. The molecule has 1 rings (SSSR count). The molecule has 0 radical (unpaired) electrons. The predicted molar refractivity (Wildman–Crippen MR) is 65.4 cm³/mol. The largest absolute Gasteiger partial charge is 0.329 e. The molecule has 15 heavy (non-hydrogen) atoms. The van der Waals surface area contributed by atoms with Gasteiger partial charge in [-0.2, -0.15) is 0 Å². The zero-order chi connectivity index (χ0) is 11.1. The fraction of sp³-hybridized carbons (Fsp3) is 0.846. The van der Waals surface area contributed by atoms with Crippen molar-refractivity contribution in [3.63, 3.8) is 0 Å². The third-order valence-corrected chi connectivity index (χ3v) is 3.56. The molecule has 1 saturated carbocycles. The second-order valence-electron chi connectivity index (χ2n) is 4.77. The summed E-state index contributed by atoms with van der Waals surface area (Å²) in [6.45, 7) is 3.99. The topological polar surface area (TPSA) is 38.0 Å². The van der Waals surface area contributed by atoms with Crippen LogP contribution in [-0.2, 0) is 0 Å². The first kappa shape index (κ1) is 12.5. The fourth-order valence-electron chi connectivity index (χ4n) is 2.46. The van der Waals surface area contributed by atoms with Crippen molar-refractivity contribution in [2.75, 3.05) is 13.1 Å². The van der Waals surface area contributed by atoms with Crippen LogP contribution in [0.1, 0.15) is 39.0 Å². The Bertz CT molecular complexity index is 199. The maximum atomic E-state index is 5.81. The molecule has 0 spiro atoms. The molecule has 1 unspecified atom stereocenters. The highest BCUT2D eigenvalue weighted by Crippen LogP contribution is 2.30. The molecule has 1 aliphatic rings. The van der Waals surface area contributed by atoms with Crippen molar-refractivity contribution in [1.29, 1.82) is 0 Å². The first-order valence-electron chi connectivity index (χ1n) is 6.14. The van der Waals surface area contributed by atoms with Gasteiger partial charge in [-0.1, -0.05) is 19.8 Å². The smallest absolute Gasteiger partial charge is 0.0218 e. The summed E-state index contributed by atoms with van der Waals surface area (Å²) < 4.78 is 0. The van der Waals surface area contributed by atoms with E-state index in [0.29, 0.717) is 6.04 Å². The molecule has 0 aromatic heterocycles. The second kappa shape index (κ2) is 6.87. The van der Waals surface area contributed by atoms with Gasteiger partial charge in [-0.15, -0.1) is 12.3 Å². The highest BCUT2D eigenvalue weighted by molar-refractivity contribution is 4.87. The lowest BCUT2D eigenvalue weighted by Gasteiger charge is -2.32. The average molecular weight is 208 g/mol. The van der Waals surface area contributed by atoms with Crippen LogP contribution in [0.5, 0.6) is 0 Å². The molecule has 0 aromatic rings. The molecule has 1 atom stereocenters. The van der Waals surface area contributed by atoms with Gasteiger partial charge >= 0.3 is 0 Å². The number of hydrogen-bond donors (Lipinski definition) is 2. The van der Waals surface area contributed by atoms with Crippen LogP contribution in [0.25, 0.3) is 0 Å². The Labute approximate surface area is 94.0 Å². The second-order valence-corrected chi connectivity index (χ2v) is 4.77. The highest BCUT2D eigenvalue weighted by Gasteiger charge is 2.24. The summed E-state index contributed by atoms with van der Waals surface area (Å²) in [5.74, 6) is 4.33. The van der Waals surface area contributed by atoms with Gasteiger partial charge in [0.2, 0.25) is 0 Å². The quantitative estimate of drug-likeness (QED) is 0.533. The van der Waals surface area contributed by atoms with Crippen LogP contribution in [0.4, 0.5) is 0 Å². The molecule has 0 heterocycles. The predicted octanol–water partition coefficient (Wildman–Crippen LogP) is 1.75. The van der Waals surface area contributed by atoms with Gasteiger partial charge in [-0.05, 0) is 24.7 Å². The maximum absolute atomic E-state index is 5.81. The van der Waals surface area contributed by atoms with E-state index >= 15 is 0 Å². The lowest BCUT2D eigenvalue weighted by Crippen LogP contribution is -2.43. The third-order valence-electron chi connectivity index (χ3n) is 3.56. The van der Waals surface area contributed by atoms with E-state index in [-0.39, 0.29) is 0 Å². The van der Waals surface area contributed by atoms with Gasteiger partial charge in [0.05, 0.1) is 0 Å². The van der Waals surface area contributed by atoms with Crippen LogP contribution in [-0.4, -0.2) is 19.1 Å². The minimum atomic E-state index is 0.478. The number of nitrogens with two attached hydrogens (primary N) is 1. The lowest BCUT2D eigenvalue weighted by atomic mass is 9.79. The maximum Gasteiger partial charge on any atom is 0.0218 e. The summed E-state index contributed by atoms with van der Waals surface area (Å²) in [5.41, 5.74) is 5.81. The van der Waals surface area contributed by atoms with Crippen molar-refractivity contribution in [3.05, 3.63) is 0 Å². The molecule has 86 valence electrons. The summed E-state index contributed by atoms with van der Waals surface area (Å²) in [7, 11) is 0. The van der Waals surface area contributed by atoms with Crippen LogP contribution in [0, 0.1) is 24.2 Å². The van der Waals surface area contributed by atoms with E-state index in [9.17, 15) is 0 Å². The Kier molecular flexibility index (Phi) is 5.75. The molecular weight excluding hydrogens is 184 g/mol. The summed E-state index contributed by atoms with van der Waals surface area (Å²) in [6, 6.07) is 0.478. The van der Waals surface area contributed by atoms with Gasteiger partial charge in [0.15, 0.2) is 0 Å². The number of nitrogens with one attached hydrogen (secondary N) is 1. The highest BCUT2D eigenvalue weighted by atomic mass is 14.9. The van der Waals surface area contributed by atoms with Gasteiger partial charge < -0.3 is 11.1 Å². The molecule has 1 fully saturated rings. The summed E-state index contributed by atoms with van der Waals surface area (Å²) >= 11 is 0. The van der Waals surface area contributed by atoms with Gasteiger partial charge in [-0.3, -0.25) is 0 Å². The first-order chi connectivity index (χ1) is 7.27. The van der Waals surface area contributed by atoms with Crippen LogP contribution < -0.4 is 11.1 Å². The van der Waals surface area contributed by atoms with E-state index in [1.54, 1.807) is 0 Å². The normalized spacial score (nSPS) is 28.3. The molecule has 2 nitrogen and oxygen atoms in total. The van der Waals surface area contributed by atoms with E-state index in [0.717, 1.165) is 31.3 Å². The van der Waals surface area contributed by atoms with Crippen molar-refractivity contribution in [2.24, 2.45) is 17.6 Å². The van der Waals surface area contributed by atoms with E-state index in [2.05, 4.69) is 18.2 Å². The first-order valence-corrected chi connectivity index (χ1v) is 6.14. The Hall–Kier alpha value is -0.520. The Morgan fingerprint density at radius 2 is 2.07 bits per heavy atom. The molecule has 2 heteroatoms. The van der Waals surface area contributed by atoms with Crippen LogP contribution in [0.2, 0.25) is 0 Å². The van der Waals surface area contributed by atoms with Crippen LogP contribution >= 0.6 is 0 Å². The molecular formula is C13H24N2. The van der Waals surface area contributed by atoms with E-state index in [1.807, 2.05) is 0 Å². The monoisotopic (exact) mass is 208 g/mol. The van der Waals surface area contributed by atoms with Gasteiger partial charge in [0.25, 0.3) is 0 Å². The fourth-order valence-corrected chi connectivity index (χ4v) is 2.46. The average Bonchev–Trinajstić information content (AvgIpc) is 2.26. The van der Waals surface area contributed by atoms with Crippen molar-refractivity contribution in [1.82, 2.24) is 5.32 Å². The van der Waals surface area contributed by atoms with E-state index in [1.165, 1.54) is 25.7 Å². The summed E-state index contributed by atoms with van der Waals surface area (Å²) in [5, 5.41) is 3.49.